The standard InChI is InChI=1S/C12H11F3N2O3/c13-8-3-6(4-9(14)10(8)15)16-11(19)12(20)17-2-1-7(18)5-17/h3-4,7,18H,1-2,5H2,(H,16,19)/t7-/m1/s1. The summed E-state index contributed by atoms with van der Waals surface area (Å²) in [6, 6.07) is 1.14. The van der Waals surface area contributed by atoms with E-state index in [-0.39, 0.29) is 18.8 Å². The molecule has 0 saturated carbocycles. The minimum absolute atomic E-state index is 0.0262. The Morgan fingerprint density at radius 1 is 1.25 bits per heavy atom. The predicted molar refractivity (Wildman–Crippen MR) is 62.1 cm³/mol. The molecule has 108 valence electrons. The normalized spacial score (nSPS) is 18.2. The Kier molecular flexibility index (Phi) is 3.93. The number of carbonyl (C=O) groups is 2. The van der Waals surface area contributed by atoms with E-state index in [0.29, 0.717) is 18.6 Å². The first-order chi connectivity index (χ1) is 9.38. The molecule has 0 unspecified atom stereocenters. The Morgan fingerprint density at radius 2 is 1.85 bits per heavy atom. The number of carbonyl (C=O) groups excluding carboxylic acids is 2. The summed E-state index contributed by atoms with van der Waals surface area (Å²) in [5.74, 6) is -6.62. The Labute approximate surface area is 112 Å². The second kappa shape index (κ2) is 5.49. The van der Waals surface area contributed by atoms with Crippen LogP contribution in [0.2, 0.25) is 0 Å². The number of amides is 2. The van der Waals surface area contributed by atoms with Crippen LogP contribution >= 0.6 is 0 Å². The first-order valence-electron chi connectivity index (χ1n) is 5.81. The SMILES string of the molecule is O=C(Nc1cc(F)c(F)c(F)c1)C(=O)N1CC[C@@H](O)C1. The van der Waals surface area contributed by atoms with E-state index in [1.807, 2.05) is 5.32 Å². The summed E-state index contributed by atoms with van der Waals surface area (Å²) in [5.41, 5.74) is -0.362. The first-order valence-corrected chi connectivity index (χ1v) is 5.81. The first kappa shape index (κ1) is 14.3. The number of anilines is 1. The molecule has 20 heavy (non-hydrogen) atoms. The van der Waals surface area contributed by atoms with Gasteiger partial charge < -0.3 is 15.3 Å². The van der Waals surface area contributed by atoms with Crippen molar-refractivity contribution < 1.29 is 27.9 Å². The van der Waals surface area contributed by atoms with Gasteiger partial charge in [0, 0.05) is 30.9 Å². The molecular weight excluding hydrogens is 277 g/mol. The van der Waals surface area contributed by atoms with Gasteiger partial charge in [-0.1, -0.05) is 0 Å². The summed E-state index contributed by atoms with van der Waals surface area (Å²) in [6.45, 7) is 0.248. The highest BCUT2D eigenvalue weighted by atomic mass is 19.2. The van der Waals surface area contributed by atoms with Crippen LogP contribution in [0.15, 0.2) is 12.1 Å². The van der Waals surface area contributed by atoms with Crippen molar-refractivity contribution in [1.82, 2.24) is 4.90 Å². The number of rotatable bonds is 1. The van der Waals surface area contributed by atoms with Crippen molar-refractivity contribution in [3.05, 3.63) is 29.6 Å². The average Bonchev–Trinajstić information content (AvgIpc) is 2.81. The van der Waals surface area contributed by atoms with Gasteiger partial charge in [-0.3, -0.25) is 9.59 Å². The number of likely N-dealkylation sites (tertiary alicyclic amines) is 1. The number of nitrogens with one attached hydrogen (secondary N) is 1. The van der Waals surface area contributed by atoms with Gasteiger partial charge in [0.25, 0.3) is 0 Å². The number of hydrogen-bond donors (Lipinski definition) is 2. The number of nitrogens with zero attached hydrogens (tertiary/aromatic N) is 1. The lowest BCUT2D eigenvalue weighted by molar-refractivity contribution is -0.142. The third kappa shape index (κ3) is 2.90. The van der Waals surface area contributed by atoms with E-state index in [4.69, 9.17) is 0 Å². The number of hydrogen-bond acceptors (Lipinski definition) is 3. The van der Waals surface area contributed by atoms with Crippen molar-refractivity contribution in [1.29, 1.82) is 0 Å². The number of β-amino-alcohol motifs (C(OH)–C–C–N with tert-alkyl or cyclic N) is 1. The fourth-order valence-electron chi connectivity index (χ4n) is 1.88. The monoisotopic (exact) mass is 288 g/mol. The molecule has 1 saturated heterocycles. The number of aliphatic hydroxyl groups excluding tert-OH is 1. The molecule has 1 aliphatic rings. The van der Waals surface area contributed by atoms with Crippen molar-refractivity contribution in [2.75, 3.05) is 18.4 Å². The Hall–Kier alpha value is -2.09. The van der Waals surface area contributed by atoms with Gasteiger partial charge >= 0.3 is 11.8 Å². The lowest BCUT2D eigenvalue weighted by Crippen LogP contribution is -2.38. The highest BCUT2D eigenvalue weighted by Gasteiger charge is 2.29. The summed E-state index contributed by atoms with van der Waals surface area (Å²) in [7, 11) is 0. The molecule has 1 fully saturated rings. The van der Waals surface area contributed by atoms with Crippen LogP contribution in [0.4, 0.5) is 18.9 Å². The summed E-state index contributed by atoms with van der Waals surface area (Å²) in [6.07, 6.45) is -0.328. The van der Waals surface area contributed by atoms with Crippen molar-refractivity contribution in [3.63, 3.8) is 0 Å². The fourth-order valence-corrected chi connectivity index (χ4v) is 1.88. The molecule has 0 spiro atoms. The van der Waals surface area contributed by atoms with E-state index >= 15 is 0 Å². The number of aliphatic hydroxyl groups is 1. The third-order valence-corrected chi connectivity index (χ3v) is 2.89. The minimum atomic E-state index is -1.66. The zero-order valence-electron chi connectivity index (χ0n) is 10.2. The van der Waals surface area contributed by atoms with Crippen molar-refractivity contribution in [3.8, 4) is 0 Å². The molecule has 8 heteroatoms. The molecule has 5 nitrogen and oxygen atoms in total. The lowest BCUT2D eigenvalue weighted by atomic mass is 10.3. The maximum absolute atomic E-state index is 12.9. The largest absolute Gasteiger partial charge is 0.391 e. The molecule has 1 heterocycles. The zero-order valence-corrected chi connectivity index (χ0v) is 10.2. The highest BCUT2D eigenvalue weighted by Crippen LogP contribution is 2.17. The minimum Gasteiger partial charge on any atom is -0.391 e. The molecule has 1 atom stereocenters. The Morgan fingerprint density at radius 3 is 2.35 bits per heavy atom. The molecular formula is C12H11F3N2O3. The van der Waals surface area contributed by atoms with Gasteiger partial charge in [-0.25, -0.2) is 13.2 Å². The van der Waals surface area contributed by atoms with Crippen LogP contribution in [0, 0.1) is 17.5 Å². The molecule has 0 aliphatic carbocycles. The molecule has 2 N–H and O–H groups in total. The summed E-state index contributed by atoms with van der Waals surface area (Å²) >= 11 is 0. The van der Waals surface area contributed by atoms with E-state index in [0.717, 1.165) is 4.90 Å². The molecule has 1 aromatic carbocycles. The smallest absolute Gasteiger partial charge is 0.313 e. The van der Waals surface area contributed by atoms with E-state index in [9.17, 15) is 27.9 Å². The van der Waals surface area contributed by atoms with Gasteiger partial charge in [0.2, 0.25) is 0 Å². The molecule has 1 aromatic rings. The maximum atomic E-state index is 12.9. The van der Waals surface area contributed by atoms with Gasteiger partial charge in [-0.2, -0.15) is 0 Å². The lowest BCUT2D eigenvalue weighted by Gasteiger charge is -2.14. The van der Waals surface area contributed by atoms with Gasteiger partial charge in [-0.15, -0.1) is 0 Å². The average molecular weight is 288 g/mol. The van der Waals surface area contributed by atoms with Gasteiger partial charge in [0.05, 0.1) is 6.10 Å². The molecule has 0 aromatic heterocycles. The second-order valence-electron chi connectivity index (χ2n) is 4.40. The van der Waals surface area contributed by atoms with Crippen LogP contribution in [-0.2, 0) is 9.59 Å². The predicted octanol–water partition coefficient (Wildman–Crippen LogP) is 0.636. The van der Waals surface area contributed by atoms with Crippen LogP contribution in [0.3, 0.4) is 0 Å². The summed E-state index contributed by atoms with van der Waals surface area (Å²) < 4.78 is 38.6. The highest BCUT2D eigenvalue weighted by molar-refractivity contribution is 6.39. The van der Waals surface area contributed by atoms with Gasteiger partial charge in [0.15, 0.2) is 17.5 Å². The molecule has 0 radical (unpaired) electrons. The number of halogens is 3. The van der Waals surface area contributed by atoms with Gasteiger partial charge in [0.1, 0.15) is 0 Å². The third-order valence-electron chi connectivity index (χ3n) is 2.89. The van der Waals surface area contributed by atoms with E-state index in [2.05, 4.69) is 0 Å². The van der Waals surface area contributed by atoms with Crippen LogP contribution in [0.5, 0.6) is 0 Å². The van der Waals surface area contributed by atoms with E-state index in [1.165, 1.54) is 0 Å². The number of benzene rings is 1. The van der Waals surface area contributed by atoms with Gasteiger partial charge in [-0.05, 0) is 6.42 Å². The quantitative estimate of drug-likeness (QED) is 0.588. The molecule has 2 amide bonds. The van der Waals surface area contributed by atoms with Crippen molar-refractivity contribution >= 4 is 17.5 Å². The van der Waals surface area contributed by atoms with Crippen LogP contribution in [0.1, 0.15) is 6.42 Å². The topological polar surface area (TPSA) is 69.6 Å². The maximum Gasteiger partial charge on any atom is 0.313 e. The van der Waals surface area contributed by atoms with Crippen LogP contribution in [-0.4, -0.2) is 41.0 Å². The van der Waals surface area contributed by atoms with Crippen LogP contribution < -0.4 is 5.32 Å². The summed E-state index contributed by atoms with van der Waals surface area (Å²) in [5, 5.41) is 11.2. The fraction of sp³-hybridized carbons (Fsp3) is 0.333. The molecule has 0 bridgehead atoms. The Bertz CT molecular complexity index is 542. The van der Waals surface area contributed by atoms with Crippen molar-refractivity contribution in [2.24, 2.45) is 0 Å². The Balaban J connectivity index is 2.06. The molecule has 2 rings (SSSR count). The second-order valence-corrected chi connectivity index (χ2v) is 4.40. The molecule has 1 aliphatic heterocycles. The summed E-state index contributed by atoms with van der Waals surface area (Å²) in [4.78, 5) is 24.4. The van der Waals surface area contributed by atoms with E-state index < -0.39 is 35.4 Å². The van der Waals surface area contributed by atoms with Crippen molar-refractivity contribution in [2.45, 2.75) is 12.5 Å². The van der Waals surface area contributed by atoms with E-state index in [1.54, 1.807) is 0 Å². The van der Waals surface area contributed by atoms with Crippen LogP contribution in [0.25, 0.3) is 0 Å². The zero-order chi connectivity index (χ0) is 14.9.